The van der Waals surface area contributed by atoms with Gasteiger partial charge >= 0.3 is 5.97 Å². The van der Waals surface area contributed by atoms with Crippen LogP contribution in [-0.2, 0) is 9.59 Å². The second kappa shape index (κ2) is 7.36. The van der Waals surface area contributed by atoms with Crippen molar-refractivity contribution in [1.82, 2.24) is 10.6 Å². The first-order valence-corrected chi connectivity index (χ1v) is 6.72. The fraction of sp³-hybridized carbons (Fsp3) is 0.846. The summed E-state index contributed by atoms with van der Waals surface area (Å²) in [5.41, 5.74) is 0. The van der Waals surface area contributed by atoms with E-state index in [0.717, 1.165) is 25.8 Å². The Morgan fingerprint density at radius 3 is 2.67 bits per heavy atom. The molecule has 1 aliphatic heterocycles. The molecule has 0 aromatic heterocycles. The Morgan fingerprint density at radius 2 is 2.17 bits per heavy atom. The number of carbonyl (C=O) groups is 2. The molecular formula is C13H24N2O3. The van der Waals surface area contributed by atoms with Crippen LogP contribution in [0.2, 0.25) is 0 Å². The molecule has 0 bridgehead atoms. The van der Waals surface area contributed by atoms with Crippen LogP contribution in [0.15, 0.2) is 0 Å². The Hall–Kier alpha value is -1.10. The number of rotatable bonds is 7. The number of hydrogen-bond donors (Lipinski definition) is 3. The van der Waals surface area contributed by atoms with Crippen molar-refractivity contribution in [1.29, 1.82) is 0 Å². The monoisotopic (exact) mass is 256 g/mol. The van der Waals surface area contributed by atoms with E-state index < -0.39 is 5.97 Å². The third-order valence-corrected chi connectivity index (χ3v) is 3.21. The molecule has 3 N–H and O–H groups in total. The first-order chi connectivity index (χ1) is 8.49. The van der Waals surface area contributed by atoms with Gasteiger partial charge in [-0.3, -0.25) is 9.59 Å². The maximum Gasteiger partial charge on any atom is 0.303 e. The van der Waals surface area contributed by atoms with Crippen molar-refractivity contribution < 1.29 is 14.7 Å². The number of carboxylic acids is 1. The number of amides is 1. The molecule has 0 saturated carbocycles. The highest BCUT2D eigenvalue weighted by atomic mass is 16.4. The third kappa shape index (κ3) is 5.49. The minimum absolute atomic E-state index is 0.00615. The van der Waals surface area contributed by atoms with Crippen LogP contribution in [0.3, 0.4) is 0 Å². The molecule has 18 heavy (non-hydrogen) atoms. The molecular weight excluding hydrogens is 232 g/mol. The van der Waals surface area contributed by atoms with Gasteiger partial charge in [-0.25, -0.2) is 0 Å². The predicted molar refractivity (Wildman–Crippen MR) is 69.2 cm³/mol. The second-order valence-corrected chi connectivity index (χ2v) is 5.49. The molecule has 0 aromatic carbocycles. The van der Waals surface area contributed by atoms with E-state index in [1.807, 2.05) is 0 Å². The molecule has 0 aromatic rings. The molecule has 1 fully saturated rings. The van der Waals surface area contributed by atoms with Gasteiger partial charge < -0.3 is 15.7 Å². The number of nitrogens with one attached hydrogen (secondary N) is 2. The van der Waals surface area contributed by atoms with Crippen molar-refractivity contribution in [3.63, 3.8) is 0 Å². The molecule has 0 aliphatic carbocycles. The van der Waals surface area contributed by atoms with Crippen molar-refractivity contribution >= 4 is 11.9 Å². The van der Waals surface area contributed by atoms with E-state index in [1.165, 1.54) is 0 Å². The van der Waals surface area contributed by atoms with Crippen molar-refractivity contribution in [2.24, 2.45) is 11.8 Å². The van der Waals surface area contributed by atoms with Crippen LogP contribution in [0.5, 0.6) is 0 Å². The van der Waals surface area contributed by atoms with Crippen molar-refractivity contribution in [2.75, 3.05) is 13.1 Å². The summed E-state index contributed by atoms with van der Waals surface area (Å²) < 4.78 is 0. The lowest BCUT2D eigenvalue weighted by molar-refractivity contribution is -0.138. The number of carbonyl (C=O) groups excluding carboxylic acids is 1. The van der Waals surface area contributed by atoms with Gasteiger partial charge in [0.2, 0.25) is 5.91 Å². The molecule has 0 spiro atoms. The fourth-order valence-electron chi connectivity index (χ4n) is 2.43. The van der Waals surface area contributed by atoms with Crippen LogP contribution in [-0.4, -0.2) is 36.1 Å². The van der Waals surface area contributed by atoms with Crippen molar-refractivity contribution in [2.45, 2.75) is 45.6 Å². The van der Waals surface area contributed by atoms with Crippen LogP contribution in [0.25, 0.3) is 0 Å². The van der Waals surface area contributed by atoms with Crippen LogP contribution >= 0.6 is 0 Å². The van der Waals surface area contributed by atoms with Gasteiger partial charge in [0.25, 0.3) is 0 Å². The van der Waals surface area contributed by atoms with Gasteiger partial charge in [-0.15, -0.1) is 0 Å². The predicted octanol–water partition coefficient (Wildman–Crippen LogP) is 0.992. The van der Waals surface area contributed by atoms with E-state index in [2.05, 4.69) is 24.5 Å². The Kier molecular flexibility index (Phi) is 6.12. The zero-order valence-electron chi connectivity index (χ0n) is 11.2. The highest BCUT2D eigenvalue weighted by Crippen LogP contribution is 2.15. The first-order valence-electron chi connectivity index (χ1n) is 6.72. The lowest BCUT2D eigenvalue weighted by Crippen LogP contribution is -2.42. The van der Waals surface area contributed by atoms with Gasteiger partial charge in [0.1, 0.15) is 0 Å². The van der Waals surface area contributed by atoms with E-state index in [0.29, 0.717) is 12.5 Å². The minimum atomic E-state index is -0.797. The molecule has 5 nitrogen and oxygen atoms in total. The smallest absolute Gasteiger partial charge is 0.303 e. The molecule has 0 radical (unpaired) electrons. The summed E-state index contributed by atoms with van der Waals surface area (Å²) in [4.78, 5) is 22.6. The number of aliphatic carboxylic acids is 1. The van der Waals surface area contributed by atoms with Gasteiger partial charge in [-0.05, 0) is 37.6 Å². The summed E-state index contributed by atoms with van der Waals surface area (Å²) in [6, 6.07) is -0.0884. The lowest BCUT2D eigenvalue weighted by atomic mass is 9.94. The zero-order valence-corrected chi connectivity index (χ0v) is 11.2. The SMILES string of the molecule is CC(C)C[C@H](CNC(=O)C1CCCN1)CC(=O)O. The standard InChI is InChI=1S/C13H24N2O3/c1-9(2)6-10(7-12(16)17)8-15-13(18)11-4-3-5-14-11/h9-11,14H,3-8H2,1-2H3,(H,15,18)(H,16,17)/t10-,11?/m0/s1. The Bertz CT molecular complexity index is 286. The van der Waals surface area contributed by atoms with Crippen molar-refractivity contribution in [3.05, 3.63) is 0 Å². The topological polar surface area (TPSA) is 78.4 Å². The van der Waals surface area contributed by atoms with Gasteiger partial charge in [0, 0.05) is 13.0 Å². The molecule has 1 unspecified atom stereocenters. The molecule has 104 valence electrons. The van der Waals surface area contributed by atoms with E-state index in [1.54, 1.807) is 0 Å². The summed E-state index contributed by atoms with van der Waals surface area (Å²) in [6.45, 7) is 5.48. The van der Waals surface area contributed by atoms with Crippen LogP contribution in [0, 0.1) is 11.8 Å². The normalized spacial score (nSPS) is 20.9. The largest absolute Gasteiger partial charge is 0.481 e. The summed E-state index contributed by atoms with van der Waals surface area (Å²) in [5.74, 6) is -0.329. The van der Waals surface area contributed by atoms with E-state index >= 15 is 0 Å². The molecule has 1 saturated heterocycles. The molecule has 1 amide bonds. The third-order valence-electron chi connectivity index (χ3n) is 3.21. The summed E-state index contributed by atoms with van der Waals surface area (Å²) in [7, 11) is 0. The summed E-state index contributed by atoms with van der Waals surface area (Å²) in [5, 5.41) is 14.9. The highest BCUT2D eigenvalue weighted by molar-refractivity contribution is 5.82. The minimum Gasteiger partial charge on any atom is -0.481 e. The summed E-state index contributed by atoms with van der Waals surface area (Å²) in [6.07, 6.45) is 2.85. The summed E-state index contributed by atoms with van der Waals surface area (Å²) >= 11 is 0. The molecule has 2 atom stereocenters. The number of hydrogen-bond acceptors (Lipinski definition) is 3. The lowest BCUT2D eigenvalue weighted by Gasteiger charge is -2.19. The van der Waals surface area contributed by atoms with Crippen LogP contribution < -0.4 is 10.6 Å². The molecule has 5 heteroatoms. The second-order valence-electron chi connectivity index (χ2n) is 5.49. The average Bonchev–Trinajstić information content (AvgIpc) is 2.77. The van der Waals surface area contributed by atoms with E-state index in [9.17, 15) is 9.59 Å². The van der Waals surface area contributed by atoms with Gasteiger partial charge in [-0.2, -0.15) is 0 Å². The number of carboxylic acid groups (broad SMARTS) is 1. The Labute approximate surface area is 108 Å². The maximum absolute atomic E-state index is 11.8. The highest BCUT2D eigenvalue weighted by Gasteiger charge is 2.23. The molecule has 1 heterocycles. The molecule has 1 aliphatic rings. The average molecular weight is 256 g/mol. The van der Waals surface area contributed by atoms with Gasteiger partial charge in [-0.1, -0.05) is 13.8 Å². The first kappa shape index (κ1) is 15.0. The van der Waals surface area contributed by atoms with Crippen LogP contribution in [0.4, 0.5) is 0 Å². The Balaban J connectivity index is 2.35. The van der Waals surface area contributed by atoms with Gasteiger partial charge in [0.15, 0.2) is 0 Å². The zero-order chi connectivity index (χ0) is 13.5. The van der Waals surface area contributed by atoms with Gasteiger partial charge in [0.05, 0.1) is 6.04 Å². The van der Waals surface area contributed by atoms with E-state index in [-0.39, 0.29) is 24.3 Å². The fourth-order valence-corrected chi connectivity index (χ4v) is 2.43. The van der Waals surface area contributed by atoms with Crippen LogP contribution in [0.1, 0.15) is 39.5 Å². The quantitative estimate of drug-likeness (QED) is 0.635. The Morgan fingerprint density at radius 1 is 1.44 bits per heavy atom. The van der Waals surface area contributed by atoms with Crippen molar-refractivity contribution in [3.8, 4) is 0 Å². The molecule has 1 rings (SSSR count). The van der Waals surface area contributed by atoms with E-state index in [4.69, 9.17) is 5.11 Å². The maximum atomic E-state index is 11.8.